The fourth-order valence-electron chi connectivity index (χ4n) is 2.68. The number of nitrogens with two attached hydrogens (primary N) is 1. The molecule has 128 valence electrons. The van der Waals surface area contributed by atoms with Crippen molar-refractivity contribution in [2.24, 2.45) is 5.73 Å². The normalized spacial score (nSPS) is 13.8. The molecular weight excluding hydrogens is 312 g/mol. The summed E-state index contributed by atoms with van der Waals surface area (Å²) in [6.45, 7) is 1.16. The molecule has 3 heterocycles. The number of hydrogen-bond acceptors (Lipinski definition) is 5. The molecule has 24 heavy (non-hydrogen) atoms. The number of carbonyl (C=O) groups is 2. The van der Waals surface area contributed by atoms with E-state index in [0.717, 1.165) is 37.5 Å². The van der Waals surface area contributed by atoms with Crippen LogP contribution in [0.1, 0.15) is 30.9 Å². The van der Waals surface area contributed by atoms with Gasteiger partial charge in [-0.05, 0) is 12.8 Å². The van der Waals surface area contributed by atoms with Gasteiger partial charge in [0, 0.05) is 19.2 Å². The number of hydrogen-bond donors (Lipinski definition) is 3. The lowest BCUT2D eigenvalue weighted by atomic mass is 10.2. The van der Waals surface area contributed by atoms with Gasteiger partial charge in [-0.25, -0.2) is 4.79 Å². The third-order valence-corrected chi connectivity index (χ3v) is 3.80. The molecule has 0 saturated heterocycles. The smallest absolute Gasteiger partial charge is 0.319 e. The monoisotopic (exact) mass is 332 g/mol. The van der Waals surface area contributed by atoms with Crippen LogP contribution in [0.5, 0.6) is 0 Å². The number of urea groups is 1. The average molecular weight is 332 g/mol. The third kappa shape index (κ3) is 3.89. The van der Waals surface area contributed by atoms with Gasteiger partial charge in [0.25, 0.3) is 0 Å². The maximum Gasteiger partial charge on any atom is 0.319 e. The van der Waals surface area contributed by atoms with E-state index < -0.39 is 5.91 Å². The number of primary amides is 1. The molecule has 0 atom stereocenters. The summed E-state index contributed by atoms with van der Waals surface area (Å²) in [5.41, 5.74) is 5.57. The fraction of sp³-hybridized carbons (Fsp3) is 0.500. The topological polar surface area (TPSA) is 133 Å². The molecule has 0 radical (unpaired) electrons. The van der Waals surface area contributed by atoms with Gasteiger partial charge in [0.2, 0.25) is 5.91 Å². The molecule has 0 unspecified atom stereocenters. The van der Waals surface area contributed by atoms with Crippen LogP contribution < -0.4 is 16.4 Å². The van der Waals surface area contributed by atoms with Gasteiger partial charge >= 0.3 is 6.03 Å². The molecule has 3 amide bonds. The predicted octanol–water partition coefficient (Wildman–Crippen LogP) is 0.00800. The Bertz CT molecular complexity index is 735. The van der Waals surface area contributed by atoms with Gasteiger partial charge in [0.15, 0.2) is 5.82 Å². The first-order valence-corrected chi connectivity index (χ1v) is 7.88. The van der Waals surface area contributed by atoms with Crippen LogP contribution in [0, 0.1) is 0 Å². The Morgan fingerprint density at radius 3 is 2.96 bits per heavy atom. The molecule has 0 spiro atoms. The van der Waals surface area contributed by atoms with Gasteiger partial charge in [0.05, 0.1) is 18.4 Å². The van der Waals surface area contributed by atoms with Crippen molar-refractivity contribution in [2.45, 2.75) is 45.3 Å². The zero-order valence-corrected chi connectivity index (χ0v) is 13.2. The lowest BCUT2D eigenvalue weighted by Crippen LogP contribution is -2.29. The van der Waals surface area contributed by atoms with Crippen LogP contribution in [0.25, 0.3) is 0 Å². The van der Waals surface area contributed by atoms with Crippen molar-refractivity contribution in [1.29, 1.82) is 0 Å². The lowest BCUT2D eigenvalue weighted by Gasteiger charge is -2.08. The maximum absolute atomic E-state index is 12.0. The van der Waals surface area contributed by atoms with E-state index in [1.54, 1.807) is 0 Å². The largest absolute Gasteiger partial charge is 0.368 e. The summed E-state index contributed by atoms with van der Waals surface area (Å²) in [7, 11) is 0. The van der Waals surface area contributed by atoms with Crippen LogP contribution in [0.4, 0.5) is 10.5 Å². The molecule has 2 aromatic rings. The summed E-state index contributed by atoms with van der Waals surface area (Å²) in [4.78, 5) is 22.8. The summed E-state index contributed by atoms with van der Waals surface area (Å²) in [6, 6.07) is -0.375. The second-order valence-corrected chi connectivity index (χ2v) is 5.70. The van der Waals surface area contributed by atoms with Crippen molar-refractivity contribution < 1.29 is 9.59 Å². The molecule has 0 aliphatic carbocycles. The van der Waals surface area contributed by atoms with Crippen LogP contribution in [-0.4, -0.2) is 36.5 Å². The Morgan fingerprint density at radius 2 is 2.12 bits per heavy atom. The van der Waals surface area contributed by atoms with E-state index in [0.29, 0.717) is 12.2 Å². The van der Waals surface area contributed by atoms with E-state index >= 15 is 0 Å². The Hall–Kier alpha value is -2.91. The highest BCUT2D eigenvalue weighted by molar-refractivity contribution is 5.88. The number of aromatic nitrogens is 5. The van der Waals surface area contributed by atoms with Crippen molar-refractivity contribution in [3.63, 3.8) is 0 Å². The number of fused-ring (bicyclic) bond motifs is 1. The number of amides is 3. The summed E-state index contributed by atoms with van der Waals surface area (Å²) in [5.74, 6) is 1.24. The van der Waals surface area contributed by atoms with Gasteiger partial charge in [-0.3, -0.25) is 9.48 Å². The Labute approximate surface area is 138 Å². The van der Waals surface area contributed by atoms with E-state index in [1.165, 1.54) is 23.5 Å². The van der Waals surface area contributed by atoms with Gasteiger partial charge in [-0.1, -0.05) is 6.42 Å². The molecule has 2 aromatic heterocycles. The quantitative estimate of drug-likeness (QED) is 0.709. The molecule has 1 aliphatic heterocycles. The highest BCUT2D eigenvalue weighted by Gasteiger charge is 2.15. The molecule has 0 fully saturated rings. The second kappa shape index (κ2) is 7.11. The Morgan fingerprint density at radius 1 is 1.25 bits per heavy atom. The fourth-order valence-corrected chi connectivity index (χ4v) is 2.68. The molecule has 4 N–H and O–H groups in total. The van der Waals surface area contributed by atoms with E-state index in [-0.39, 0.29) is 12.6 Å². The van der Waals surface area contributed by atoms with E-state index in [4.69, 9.17) is 5.73 Å². The molecule has 0 bridgehead atoms. The molecular formula is C14H20N8O2. The van der Waals surface area contributed by atoms with E-state index in [9.17, 15) is 9.59 Å². The standard InChI is InChI=1S/C14H20N8O2/c15-11(23)9-21-8-10(6-17-21)18-14(24)16-7-13-20-19-12-4-2-1-3-5-22(12)13/h6,8H,1-5,7,9H2,(H2,15,23)(H2,16,18,24). The second-order valence-electron chi connectivity index (χ2n) is 5.70. The van der Waals surface area contributed by atoms with Gasteiger partial charge in [-0.2, -0.15) is 5.10 Å². The van der Waals surface area contributed by atoms with Crippen molar-refractivity contribution in [1.82, 2.24) is 29.9 Å². The zero-order chi connectivity index (χ0) is 16.9. The number of rotatable bonds is 5. The van der Waals surface area contributed by atoms with Gasteiger partial charge in [0.1, 0.15) is 12.4 Å². The summed E-state index contributed by atoms with van der Waals surface area (Å²) >= 11 is 0. The van der Waals surface area contributed by atoms with Crippen LogP contribution in [-0.2, 0) is 30.8 Å². The van der Waals surface area contributed by atoms with E-state index in [1.807, 2.05) is 0 Å². The number of carbonyl (C=O) groups excluding carboxylic acids is 2. The van der Waals surface area contributed by atoms with Crippen molar-refractivity contribution in [2.75, 3.05) is 5.32 Å². The number of anilines is 1. The van der Waals surface area contributed by atoms with Crippen molar-refractivity contribution in [3.05, 3.63) is 24.0 Å². The average Bonchev–Trinajstić information content (AvgIpc) is 3.04. The summed E-state index contributed by atoms with van der Waals surface area (Å²) in [5, 5.41) is 17.7. The first-order valence-electron chi connectivity index (χ1n) is 7.88. The molecule has 3 rings (SSSR count). The first-order chi connectivity index (χ1) is 11.6. The Kier molecular flexibility index (Phi) is 4.73. The maximum atomic E-state index is 12.0. The Balaban J connectivity index is 1.53. The SMILES string of the molecule is NC(=O)Cn1cc(NC(=O)NCc2nnc3n2CCCCC3)cn1. The van der Waals surface area contributed by atoms with E-state index in [2.05, 4.69) is 30.5 Å². The van der Waals surface area contributed by atoms with Gasteiger partial charge in [-0.15, -0.1) is 10.2 Å². The molecule has 0 saturated carbocycles. The molecule has 10 heteroatoms. The molecule has 1 aliphatic rings. The lowest BCUT2D eigenvalue weighted by molar-refractivity contribution is -0.118. The highest BCUT2D eigenvalue weighted by Crippen LogP contribution is 2.14. The summed E-state index contributed by atoms with van der Waals surface area (Å²) < 4.78 is 3.44. The molecule has 10 nitrogen and oxygen atoms in total. The first kappa shape index (κ1) is 16.0. The van der Waals surface area contributed by atoms with Crippen LogP contribution >= 0.6 is 0 Å². The van der Waals surface area contributed by atoms with Crippen molar-refractivity contribution >= 4 is 17.6 Å². The highest BCUT2D eigenvalue weighted by atomic mass is 16.2. The predicted molar refractivity (Wildman–Crippen MR) is 84.9 cm³/mol. The minimum atomic E-state index is -0.499. The minimum Gasteiger partial charge on any atom is -0.368 e. The van der Waals surface area contributed by atoms with Gasteiger partial charge < -0.3 is 20.9 Å². The summed E-state index contributed by atoms with van der Waals surface area (Å²) in [6.07, 6.45) is 7.33. The number of aryl methyl sites for hydroxylation is 1. The van der Waals surface area contributed by atoms with Crippen molar-refractivity contribution in [3.8, 4) is 0 Å². The third-order valence-electron chi connectivity index (χ3n) is 3.80. The van der Waals surface area contributed by atoms with Crippen LogP contribution in [0.3, 0.4) is 0 Å². The van der Waals surface area contributed by atoms with Crippen LogP contribution in [0.15, 0.2) is 12.4 Å². The number of nitrogens with one attached hydrogen (secondary N) is 2. The number of nitrogens with zero attached hydrogens (tertiary/aromatic N) is 5. The molecule has 0 aromatic carbocycles. The minimum absolute atomic E-state index is 0.0326. The zero-order valence-electron chi connectivity index (χ0n) is 13.2. The van der Waals surface area contributed by atoms with Crippen LogP contribution in [0.2, 0.25) is 0 Å².